The lowest BCUT2D eigenvalue weighted by Crippen LogP contribution is -2.05. The molecule has 1 heterocycles. The number of hydrogen-bond donors (Lipinski definition) is 0. The first-order valence-electron chi connectivity index (χ1n) is 7.47. The molecule has 0 bridgehead atoms. The van der Waals surface area contributed by atoms with Crippen molar-refractivity contribution in [3.63, 3.8) is 0 Å². The summed E-state index contributed by atoms with van der Waals surface area (Å²) >= 11 is 7.83. The van der Waals surface area contributed by atoms with E-state index >= 15 is 0 Å². The molecule has 2 rings (SSSR count). The molecule has 0 amide bonds. The van der Waals surface area contributed by atoms with Crippen LogP contribution in [0.5, 0.6) is 5.75 Å². The lowest BCUT2D eigenvalue weighted by Gasteiger charge is -2.08. The molecule has 0 aliphatic rings. The van der Waals surface area contributed by atoms with Crippen molar-refractivity contribution in [1.29, 1.82) is 0 Å². The number of para-hydroxylation sites is 1. The Morgan fingerprint density at radius 2 is 2.19 bits per heavy atom. The van der Waals surface area contributed by atoms with Gasteiger partial charge in [-0.1, -0.05) is 6.07 Å². The number of halogens is 1. The van der Waals surface area contributed by atoms with E-state index in [1.165, 1.54) is 18.6 Å². The van der Waals surface area contributed by atoms with Crippen molar-refractivity contribution >= 4 is 34.4 Å². The smallest absolute Gasteiger partial charge is 0.147 e. The van der Waals surface area contributed by atoms with Crippen molar-refractivity contribution in [1.82, 2.24) is 9.55 Å². The quantitative estimate of drug-likeness (QED) is 0.506. The van der Waals surface area contributed by atoms with Crippen molar-refractivity contribution < 1.29 is 4.74 Å². The number of imidazole rings is 1. The molecule has 0 unspecified atom stereocenters. The van der Waals surface area contributed by atoms with Crippen molar-refractivity contribution in [3.8, 4) is 5.75 Å². The van der Waals surface area contributed by atoms with Crippen LogP contribution >= 0.6 is 23.4 Å². The predicted molar refractivity (Wildman–Crippen MR) is 92.9 cm³/mol. The van der Waals surface area contributed by atoms with Gasteiger partial charge in [-0.05, 0) is 43.9 Å². The Bertz CT molecular complexity index is 571. The Balaban J connectivity index is 2.31. The molecule has 0 aliphatic carbocycles. The standard InChI is InChI=1S/C16H23ClN2OS/c1-3-20-14-8-6-7-13-16(14)18-15(9-10-17)19(13)11-4-5-12-21-2/h6-8H,3-5,9-12H2,1-2H3. The molecule has 3 nitrogen and oxygen atoms in total. The zero-order valence-corrected chi connectivity index (χ0v) is 14.3. The maximum Gasteiger partial charge on any atom is 0.147 e. The number of benzene rings is 1. The highest BCUT2D eigenvalue weighted by Gasteiger charge is 2.13. The van der Waals surface area contributed by atoms with Gasteiger partial charge in [0.2, 0.25) is 0 Å². The summed E-state index contributed by atoms with van der Waals surface area (Å²) in [6.45, 7) is 3.65. The molecular weight excluding hydrogens is 304 g/mol. The predicted octanol–water partition coefficient (Wildman–Crippen LogP) is 4.36. The molecule has 21 heavy (non-hydrogen) atoms. The van der Waals surface area contributed by atoms with Gasteiger partial charge in [-0.2, -0.15) is 11.8 Å². The molecule has 0 aliphatic heterocycles. The van der Waals surface area contributed by atoms with E-state index in [-0.39, 0.29) is 0 Å². The van der Waals surface area contributed by atoms with Crippen LogP contribution in [0.2, 0.25) is 0 Å². The molecule has 0 saturated carbocycles. The topological polar surface area (TPSA) is 27.1 Å². The highest BCUT2D eigenvalue weighted by Crippen LogP contribution is 2.27. The highest BCUT2D eigenvalue weighted by molar-refractivity contribution is 7.98. The summed E-state index contributed by atoms with van der Waals surface area (Å²) in [5.41, 5.74) is 2.12. The largest absolute Gasteiger partial charge is 0.492 e. The van der Waals surface area contributed by atoms with Crippen LogP contribution in [0, 0.1) is 0 Å². The molecule has 0 spiro atoms. The molecule has 1 aromatic carbocycles. The summed E-state index contributed by atoms with van der Waals surface area (Å²) in [7, 11) is 0. The van der Waals surface area contributed by atoms with Gasteiger partial charge in [-0.25, -0.2) is 4.98 Å². The molecule has 116 valence electrons. The first-order valence-corrected chi connectivity index (χ1v) is 9.40. The van der Waals surface area contributed by atoms with Gasteiger partial charge in [0.1, 0.15) is 17.1 Å². The number of rotatable bonds is 9. The molecule has 0 N–H and O–H groups in total. The molecule has 0 saturated heterocycles. The minimum Gasteiger partial charge on any atom is -0.492 e. The first kappa shape index (κ1) is 16.5. The third-order valence-corrected chi connectivity index (χ3v) is 4.30. The van der Waals surface area contributed by atoms with Gasteiger partial charge in [-0.3, -0.25) is 0 Å². The second-order valence-electron chi connectivity index (χ2n) is 4.88. The Morgan fingerprint density at radius 1 is 1.33 bits per heavy atom. The van der Waals surface area contributed by atoms with Gasteiger partial charge in [-0.15, -0.1) is 11.6 Å². The summed E-state index contributed by atoms with van der Waals surface area (Å²) in [6, 6.07) is 6.15. The van der Waals surface area contributed by atoms with Gasteiger partial charge in [0.25, 0.3) is 0 Å². The van der Waals surface area contributed by atoms with Gasteiger partial charge in [0, 0.05) is 18.8 Å². The fraction of sp³-hybridized carbons (Fsp3) is 0.562. The van der Waals surface area contributed by atoms with Crippen LogP contribution in [0.25, 0.3) is 11.0 Å². The minimum atomic E-state index is 0.595. The number of nitrogens with zero attached hydrogens (tertiary/aromatic N) is 2. The molecule has 5 heteroatoms. The highest BCUT2D eigenvalue weighted by atomic mass is 35.5. The van der Waals surface area contributed by atoms with E-state index in [1.54, 1.807) is 0 Å². The van der Waals surface area contributed by atoms with Crippen LogP contribution in [0.3, 0.4) is 0 Å². The van der Waals surface area contributed by atoms with Crippen LogP contribution in [0.15, 0.2) is 18.2 Å². The fourth-order valence-electron chi connectivity index (χ4n) is 2.48. The van der Waals surface area contributed by atoms with Gasteiger partial charge in [0.15, 0.2) is 0 Å². The molecule has 2 aromatic rings. The lowest BCUT2D eigenvalue weighted by atomic mass is 10.2. The van der Waals surface area contributed by atoms with Crippen LogP contribution in [0.4, 0.5) is 0 Å². The molecule has 0 radical (unpaired) electrons. The van der Waals surface area contributed by atoms with Crippen molar-refractivity contribution in [3.05, 3.63) is 24.0 Å². The van der Waals surface area contributed by atoms with E-state index < -0.39 is 0 Å². The summed E-state index contributed by atoms with van der Waals surface area (Å²) in [6.07, 6.45) is 5.34. The zero-order valence-electron chi connectivity index (χ0n) is 12.8. The second-order valence-corrected chi connectivity index (χ2v) is 6.24. The van der Waals surface area contributed by atoms with Gasteiger partial charge in [0.05, 0.1) is 12.1 Å². The van der Waals surface area contributed by atoms with Crippen LogP contribution in [-0.4, -0.2) is 34.0 Å². The van der Waals surface area contributed by atoms with E-state index in [9.17, 15) is 0 Å². The number of aromatic nitrogens is 2. The monoisotopic (exact) mass is 326 g/mol. The normalized spacial score (nSPS) is 11.2. The maximum atomic E-state index is 5.93. The van der Waals surface area contributed by atoms with Crippen LogP contribution < -0.4 is 4.74 Å². The number of thioether (sulfide) groups is 1. The number of ether oxygens (including phenoxy) is 1. The van der Waals surface area contributed by atoms with Crippen LogP contribution in [-0.2, 0) is 13.0 Å². The van der Waals surface area contributed by atoms with Crippen LogP contribution in [0.1, 0.15) is 25.6 Å². The SMILES string of the molecule is CCOc1cccc2c1nc(CCCl)n2CCCCSC. The third kappa shape index (κ3) is 4.07. The first-order chi connectivity index (χ1) is 10.3. The summed E-state index contributed by atoms with van der Waals surface area (Å²) < 4.78 is 8.00. The summed E-state index contributed by atoms with van der Waals surface area (Å²) in [5.74, 6) is 3.74. The van der Waals surface area contributed by atoms with Crippen molar-refractivity contribution in [2.24, 2.45) is 0 Å². The number of alkyl halides is 1. The second kappa shape index (κ2) is 8.54. The average Bonchev–Trinajstić information content (AvgIpc) is 2.83. The van der Waals surface area contributed by atoms with E-state index in [0.29, 0.717) is 12.5 Å². The zero-order chi connectivity index (χ0) is 15.1. The van der Waals surface area contributed by atoms with Crippen molar-refractivity contribution in [2.75, 3.05) is 24.5 Å². The Hall–Kier alpha value is -0.870. The van der Waals surface area contributed by atoms with E-state index in [0.717, 1.165) is 35.6 Å². The maximum absolute atomic E-state index is 5.93. The van der Waals surface area contributed by atoms with Gasteiger partial charge < -0.3 is 9.30 Å². The fourth-order valence-corrected chi connectivity index (χ4v) is 3.14. The molecular formula is C16H23ClN2OS. The Morgan fingerprint density at radius 3 is 2.90 bits per heavy atom. The van der Waals surface area contributed by atoms with Gasteiger partial charge >= 0.3 is 0 Å². The molecule has 1 aromatic heterocycles. The van der Waals surface area contributed by atoms with E-state index in [2.05, 4.69) is 16.9 Å². The van der Waals surface area contributed by atoms with E-state index in [1.807, 2.05) is 30.8 Å². The Kier molecular flexibility index (Phi) is 6.71. The number of aryl methyl sites for hydroxylation is 2. The number of unbranched alkanes of at least 4 members (excludes halogenated alkanes) is 1. The minimum absolute atomic E-state index is 0.595. The summed E-state index contributed by atoms with van der Waals surface area (Å²) in [4.78, 5) is 4.77. The van der Waals surface area contributed by atoms with E-state index in [4.69, 9.17) is 21.3 Å². The Labute approximate surface area is 136 Å². The lowest BCUT2D eigenvalue weighted by molar-refractivity contribution is 0.343. The average molecular weight is 327 g/mol. The molecule has 0 fully saturated rings. The number of fused-ring (bicyclic) bond motifs is 1. The van der Waals surface area contributed by atoms with Crippen molar-refractivity contribution in [2.45, 2.75) is 32.7 Å². The molecule has 0 atom stereocenters. The third-order valence-electron chi connectivity index (χ3n) is 3.42. The summed E-state index contributed by atoms with van der Waals surface area (Å²) in [5, 5.41) is 0. The number of hydrogen-bond acceptors (Lipinski definition) is 3.